The van der Waals surface area contributed by atoms with E-state index in [1.54, 1.807) is 31.2 Å². The second-order valence-corrected chi connectivity index (χ2v) is 7.18. The van der Waals surface area contributed by atoms with Gasteiger partial charge in [-0.25, -0.2) is 4.79 Å². The summed E-state index contributed by atoms with van der Waals surface area (Å²) in [6.45, 7) is 2.87. The summed E-state index contributed by atoms with van der Waals surface area (Å²) in [7, 11) is 0. The van der Waals surface area contributed by atoms with Crippen molar-refractivity contribution >= 4 is 34.3 Å². The lowest BCUT2D eigenvalue weighted by Crippen LogP contribution is -2.41. The number of aromatic hydroxyl groups is 1. The lowest BCUT2D eigenvalue weighted by Gasteiger charge is -2.34. The van der Waals surface area contributed by atoms with Crippen LogP contribution in [0, 0.1) is 0 Å². The van der Waals surface area contributed by atoms with Crippen LogP contribution in [-0.2, 0) is 14.3 Å². The molecule has 154 valence electrons. The van der Waals surface area contributed by atoms with Crippen LogP contribution < -0.4 is 4.74 Å². The minimum absolute atomic E-state index is 0.0149. The Bertz CT molecular complexity index is 1170. The number of ether oxygens (including phenoxy) is 2. The molecule has 2 N–H and O–H groups in total. The summed E-state index contributed by atoms with van der Waals surface area (Å²) in [4.78, 5) is 50.1. The summed E-state index contributed by atoms with van der Waals surface area (Å²) in [5.74, 6) is -3.74. The van der Waals surface area contributed by atoms with Crippen LogP contribution in [0.2, 0.25) is 0 Å². The minimum Gasteiger partial charge on any atom is -0.506 e. The van der Waals surface area contributed by atoms with E-state index in [1.807, 2.05) is 0 Å². The van der Waals surface area contributed by atoms with E-state index in [1.165, 1.54) is 0 Å². The molecule has 0 radical (unpaired) electrons. The first kappa shape index (κ1) is 19.8. The highest BCUT2D eigenvalue weighted by molar-refractivity contribution is 6.32. The number of aliphatic carboxylic acids is 1. The predicted molar refractivity (Wildman–Crippen MR) is 104 cm³/mol. The maximum Gasteiger partial charge on any atom is 0.333 e. The van der Waals surface area contributed by atoms with Gasteiger partial charge in [-0.05, 0) is 6.42 Å². The number of phenols is 1. The maximum atomic E-state index is 13.5. The smallest absolute Gasteiger partial charge is 0.333 e. The number of esters is 1. The topological polar surface area (TPSA) is 127 Å². The molecule has 1 aliphatic carbocycles. The Morgan fingerprint density at radius 1 is 1.13 bits per heavy atom. The Balaban J connectivity index is 2.05. The fourth-order valence-electron chi connectivity index (χ4n) is 4.11. The molecule has 8 heteroatoms. The number of carboxylic acids is 1. The van der Waals surface area contributed by atoms with Crippen molar-refractivity contribution in [3.8, 4) is 11.5 Å². The number of phenolic OH excluding ortho intramolecular Hbond substituents is 1. The first-order chi connectivity index (χ1) is 14.3. The summed E-state index contributed by atoms with van der Waals surface area (Å²) < 4.78 is 10.8. The third-order valence-electron chi connectivity index (χ3n) is 5.37. The van der Waals surface area contributed by atoms with Gasteiger partial charge in [0.1, 0.15) is 5.75 Å². The van der Waals surface area contributed by atoms with Gasteiger partial charge < -0.3 is 19.7 Å². The molecule has 2 atom stereocenters. The lowest BCUT2D eigenvalue weighted by atomic mass is 9.76. The number of Topliss-reactive ketones (excluding diaryl/α,β-unsaturated/α-hetero) is 2. The molecular formula is C22H18O8. The van der Waals surface area contributed by atoms with Crippen molar-refractivity contribution in [3.05, 3.63) is 46.5 Å². The van der Waals surface area contributed by atoms with Crippen molar-refractivity contribution in [2.24, 2.45) is 0 Å². The second kappa shape index (κ2) is 7.07. The maximum absolute atomic E-state index is 13.5. The quantitative estimate of drug-likeness (QED) is 0.584. The van der Waals surface area contributed by atoms with Crippen molar-refractivity contribution in [1.82, 2.24) is 0 Å². The average molecular weight is 410 g/mol. The third-order valence-corrected chi connectivity index (χ3v) is 5.37. The summed E-state index contributed by atoms with van der Waals surface area (Å²) in [6, 6.07) is 6.40. The highest BCUT2D eigenvalue weighted by Gasteiger charge is 2.45. The normalized spacial score (nSPS) is 20.7. The van der Waals surface area contributed by atoms with E-state index in [0.29, 0.717) is 5.39 Å². The van der Waals surface area contributed by atoms with E-state index in [-0.39, 0.29) is 46.3 Å². The third kappa shape index (κ3) is 2.80. The number of carboxylic acid groups (broad SMARTS) is 1. The number of fused-ring (bicyclic) bond motifs is 2. The Morgan fingerprint density at radius 3 is 2.40 bits per heavy atom. The standard InChI is InChI=1S/C22H18O8/c1-3-13-15-12(8-14(30-13)22(27)28)19(25)17-16(20(15)26)18(24)10-6-4-5-7-11(10)21(17)29-9(2)23/h4-7,13-14,24H,3,8H2,1-2H3,(H,27,28). The van der Waals surface area contributed by atoms with Crippen molar-refractivity contribution < 1.29 is 38.9 Å². The SMILES string of the molecule is CCC1OC(C(=O)O)CC2=C1C(=O)c1c(c(OC(C)=O)c3ccccc3c1O)C2=O. The Hall–Kier alpha value is -3.52. The summed E-state index contributed by atoms with van der Waals surface area (Å²) in [5, 5.41) is 20.8. The molecule has 0 saturated carbocycles. The van der Waals surface area contributed by atoms with Crippen LogP contribution in [0.4, 0.5) is 0 Å². The van der Waals surface area contributed by atoms with Crippen molar-refractivity contribution in [2.45, 2.75) is 38.9 Å². The zero-order valence-corrected chi connectivity index (χ0v) is 16.2. The van der Waals surface area contributed by atoms with Gasteiger partial charge in [-0.3, -0.25) is 14.4 Å². The number of carbonyl (C=O) groups excluding carboxylic acids is 3. The first-order valence-electron chi connectivity index (χ1n) is 9.43. The fraction of sp³-hybridized carbons (Fsp3) is 0.273. The molecule has 8 nitrogen and oxygen atoms in total. The number of ketones is 2. The van der Waals surface area contributed by atoms with Crippen LogP contribution in [0.15, 0.2) is 35.4 Å². The van der Waals surface area contributed by atoms with Crippen molar-refractivity contribution in [1.29, 1.82) is 0 Å². The molecule has 2 aromatic rings. The second-order valence-electron chi connectivity index (χ2n) is 7.18. The molecule has 4 rings (SSSR count). The van der Waals surface area contributed by atoms with Crippen LogP contribution >= 0.6 is 0 Å². The Kier molecular flexibility index (Phi) is 4.66. The van der Waals surface area contributed by atoms with E-state index in [9.17, 15) is 29.4 Å². The summed E-state index contributed by atoms with van der Waals surface area (Å²) >= 11 is 0. The van der Waals surface area contributed by atoms with Crippen LogP contribution in [0.25, 0.3) is 10.8 Å². The van der Waals surface area contributed by atoms with Gasteiger partial charge in [-0.2, -0.15) is 0 Å². The largest absolute Gasteiger partial charge is 0.506 e. The zero-order valence-electron chi connectivity index (χ0n) is 16.2. The first-order valence-corrected chi connectivity index (χ1v) is 9.43. The molecule has 1 heterocycles. The summed E-state index contributed by atoms with van der Waals surface area (Å²) in [6.07, 6.45) is -2.21. The van der Waals surface area contributed by atoms with Crippen molar-refractivity contribution in [2.75, 3.05) is 0 Å². The number of hydrogen-bond acceptors (Lipinski definition) is 7. The molecule has 0 amide bonds. The number of rotatable bonds is 3. The minimum atomic E-state index is -1.28. The van der Waals surface area contributed by atoms with Crippen LogP contribution in [0.5, 0.6) is 11.5 Å². The molecule has 0 aromatic heterocycles. The monoisotopic (exact) mass is 410 g/mol. The van der Waals surface area contributed by atoms with Gasteiger partial charge in [0.25, 0.3) is 0 Å². The van der Waals surface area contributed by atoms with E-state index in [0.717, 1.165) is 6.92 Å². The van der Waals surface area contributed by atoms with Gasteiger partial charge in [-0.1, -0.05) is 31.2 Å². The Morgan fingerprint density at radius 2 is 1.80 bits per heavy atom. The number of hydrogen-bond donors (Lipinski definition) is 2. The van der Waals surface area contributed by atoms with Crippen LogP contribution in [0.1, 0.15) is 47.4 Å². The predicted octanol–water partition coefficient (Wildman–Crippen LogP) is 2.80. The van der Waals surface area contributed by atoms with Gasteiger partial charge in [0.05, 0.1) is 17.2 Å². The van der Waals surface area contributed by atoms with Gasteiger partial charge in [0, 0.05) is 35.3 Å². The summed E-state index contributed by atoms with van der Waals surface area (Å²) in [5.41, 5.74) is -0.427. The molecule has 0 saturated heterocycles. The molecule has 2 unspecified atom stereocenters. The van der Waals surface area contributed by atoms with Crippen LogP contribution in [-0.4, -0.2) is 45.9 Å². The molecular weight excluding hydrogens is 392 g/mol. The molecule has 30 heavy (non-hydrogen) atoms. The molecule has 0 fully saturated rings. The van der Waals surface area contributed by atoms with E-state index < -0.39 is 41.5 Å². The fourth-order valence-corrected chi connectivity index (χ4v) is 4.11. The number of carbonyl (C=O) groups is 4. The van der Waals surface area contributed by atoms with Gasteiger partial charge in [0.2, 0.25) is 0 Å². The van der Waals surface area contributed by atoms with Crippen molar-refractivity contribution in [3.63, 3.8) is 0 Å². The van der Waals surface area contributed by atoms with Crippen LogP contribution in [0.3, 0.4) is 0 Å². The molecule has 0 spiro atoms. The van der Waals surface area contributed by atoms with E-state index in [4.69, 9.17) is 9.47 Å². The number of benzene rings is 2. The van der Waals surface area contributed by atoms with Gasteiger partial charge in [0.15, 0.2) is 23.4 Å². The average Bonchev–Trinajstić information content (AvgIpc) is 2.72. The van der Waals surface area contributed by atoms with E-state index in [2.05, 4.69) is 0 Å². The zero-order chi connectivity index (χ0) is 21.7. The molecule has 2 aromatic carbocycles. The van der Waals surface area contributed by atoms with Gasteiger partial charge >= 0.3 is 11.9 Å². The lowest BCUT2D eigenvalue weighted by molar-refractivity contribution is -0.153. The molecule has 0 bridgehead atoms. The highest BCUT2D eigenvalue weighted by atomic mass is 16.5. The van der Waals surface area contributed by atoms with Gasteiger partial charge in [-0.15, -0.1) is 0 Å². The molecule has 1 aliphatic heterocycles. The van der Waals surface area contributed by atoms with E-state index >= 15 is 0 Å². The molecule has 2 aliphatic rings. The Labute approximate surface area is 170 Å². The highest BCUT2D eigenvalue weighted by Crippen LogP contribution is 2.47.